The summed E-state index contributed by atoms with van der Waals surface area (Å²) < 4.78 is 0. The number of quaternary nitrogens is 2. The summed E-state index contributed by atoms with van der Waals surface area (Å²) in [6, 6.07) is 14.1. The number of benzene rings is 1. The molecule has 4 rings (SSSR count). The molecule has 0 aliphatic carbocycles. The van der Waals surface area contributed by atoms with Gasteiger partial charge in [0.1, 0.15) is 13.1 Å². The molecule has 120 valence electrons. The molecule has 0 spiro atoms. The molecule has 2 aliphatic heterocycles. The molecular formula is C20H27N3+2. The fourth-order valence-electron chi connectivity index (χ4n) is 4.35. The normalized spacial score (nSPS) is 27.4. The first-order chi connectivity index (χ1) is 11.4. The van der Waals surface area contributed by atoms with Crippen LogP contribution in [0.1, 0.15) is 29.5 Å². The van der Waals surface area contributed by atoms with Crippen LogP contribution in [0, 0.1) is 0 Å². The van der Waals surface area contributed by atoms with Gasteiger partial charge < -0.3 is 9.80 Å². The van der Waals surface area contributed by atoms with Crippen LogP contribution in [0.2, 0.25) is 0 Å². The van der Waals surface area contributed by atoms with Crippen molar-refractivity contribution in [3.63, 3.8) is 0 Å². The zero-order valence-corrected chi connectivity index (χ0v) is 13.8. The molecule has 2 N–H and O–H groups in total. The van der Waals surface area contributed by atoms with Gasteiger partial charge in [0, 0.05) is 42.8 Å². The summed E-state index contributed by atoms with van der Waals surface area (Å²) in [7, 11) is 0. The van der Waals surface area contributed by atoms with Crippen LogP contribution in [0.25, 0.3) is 0 Å². The number of likely N-dealkylation sites (tertiary alicyclic amines) is 1. The number of hydrogen-bond acceptors (Lipinski definition) is 1. The van der Waals surface area contributed by atoms with Crippen molar-refractivity contribution in [2.45, 2.75) is 38.4 Å². The van der Waals surface area contributed by atoms with Crippen LogP contribution >= 0.6 is 0 Å². The maximum atomic E-state index is 4.24. The Morgan fingerprint density at radius 2 is 1.78 bits per heavy atom. The molecule has 2 aliphatic rings. The maximum Gasteiger partial charge on any atom is 0.104 e. The minimum Gasteiger partial charge on any atom is -0.331 e. The number of piperidine rings is 1. The molecule has 2 aromatic rings. The van der Waals surface area contributed by atoms with Gasteiger partial charge in [-0.1, -0.05) is 30.3 Å². The Morgan fingerprint density at radius 1 is 0.957 bits per heavy atom. The molecule has 1 fully saturated rings. The first kappa shape index (κ1) is 14.9. The zero-order chi connectivity index (χ0) is 15.5. The summed E-state index contributed by atoms with van der Waals surface area (Å²) in [5, 5.41) is 0. The Morgan fingerprint density at radius 3 is 2.57 bits per heavy atom. The molecule has 0 bridgehead atoms. The van der Waals surface area contributed by atoms with Gasteiger partial charge in [-0.05, 0) is 11.6 Å². The lowest BCUT2D eigenvalue weighted by molar-refractivity contribution is -0.972. The molecule has 3 heteroatoms. The second-order valence-corrected chi connectivity index (χ2v) is 7.17. The van der Waals surface area contributed by atoms with Crippen molar-refractivity contribution in [2.75, 3.05) is 19.6 Å². The van der Waals surface area contributed by atoms with Crippen molar-refractivity contribution < 1.29 is 9.80 Å². The van der Waals surface area contributed by atoms with E-state index in [4.69, 9.17) is 0 Å². The van der Waals surface area contributed by atoms with Crippen LogP contribution in [0.4, 0.5) is 0 Å². The van der Waals surface area contributed by atoms with E-state index in [-0.39, 0.29) is 0 Å². The molecule has 0 radical (unpaired) electrons. The minimum atomic E-state index is 0.862. The molecule has 0 amide bonds. The predicted molar refractivity (Wildman–Crippen MR) is 91.3 cm³/mol. The van der Waals surface area contributed by atoms with Crippen LogP contribution in [0.5, 0.6) is 0 Å². The fraction of sp³-hybridized carbons (Fsp3) is 0.450. The van der Waals surface area contributed by atoms with Crippen molar-refractivity contribution in [3.05, 3.63) is 65.5 Å². The Balaban J connectivity index is 1.32. The Kier molecular flexibility index (Phi) is 4.40. The average molecular weight is 309 g/mol. The molecule has 1 aromatic carbocycles. The first-order valence-corrected chi connectivity index (χ1v) is 9.02. The predicted octanol–water partition coefficient (Wildman–Crippen LogP) is 0.270. The third-order valence-corrected chi connectivity index (χ3v) is 5.70. The number of nitrogens with zero attached hydrogens (tertiary/aromatic N) is 1. The van der Waals surface area contributed by atoms with Gasteiger partial charge in [-0.3, -0.25) is 4.98 Å². The van der Waals surface area contributed by atoms with E-state index in [0.29, 0.717) is 0 Å². The van der Waals surface area contributed by atoms with Gasteiger partial charge in [-0.2, -0.15) is 0 Å². The molecular weight excluding hydrogens is 282 g/mol. The Hall–Kier alpha value is -1.71. The fourth-order valence-corrected chi connectivity index (χ4v) is 4.35. The maximum absolute atomic E-state index is 4.24. The second kappa shape index (κ2) is 6.81. The van der Waals surface area contributed by atoms with Crippen LogP contribution < -0.4 is 9.80 Å². The highest BCUT2D eigenvalue weighted by molar-refractivity contribution is 5.27. The van der Waals surface area contributed by atoms with Crippen LogP contribution in [-0.2, 0) is 19.5 Å². The van der Waals surface area contributed by atoms with E-state index >= 15 is 0 Å². The van der Waals surface area contributed by atoms with Gasteiger partial charge in [0.15, 0.2) is 0 Å². The SMILES string of the molecule is c1cncc(C[NH+]2CCC([NH+]3CCc4ccccc4C3)CC2)c1. The number of hydrogen-bond donors (Lipinski definition) is 2. The van der Waals surface area contributed by atoms with Crippen molar-refractivity contribution >= 4 is 0 Å². The van der Waals surface area contributed by atoms with Gasteiger partial charge in [0.25, 0.3) is 0 Å². The number of fused-ring (bicyclic) bond motifs is 1. The smallest absolute Gasteiger partial charge is 0.104 e. The molecule has 0 saturated carbocycles. The number of pyridine rings is 1. The quantitative estimate of drug-likeness (QED) is 0.835. The van der Waals surface area contributed by atoms with Crippen LogP contribution in [0.15, 0.2) is 48.8 Å². The number of aromatic nitrogens is 1. The van der Waals surface area contributed by atoms with E-state index in [1.807, 2.05) is 17.3 Å². The molecule has 3 nitrogen and oxygen atoms in total. The van der Waals surface area contributed by atoms with Crippen molar-refractivity contribution in [2.24, 2.45) is 0 Å². The molecule has 1 unspecified atom stereocenters. The van der Waals surface area contributed by atoms with Crippen LogP contribution in [-0.4, -0.2) is 30.7 Å². The number of nitrogens with one attached hydrogen (secondary N) is 2. The van der Waals surface area contributed by atoms with Gasteiger partial charge >= 0.3 is 0 Å². The molecule has 1 aromatic heterocycles. The van der Waals surface area contributed by atoms with E-state index in [2.05, 4.69) is 41.4 Å². The summed E-state index contributed by atoms with van der Waals surface area (Å²) in [5.41, 5.74) is 4.54. The largest absolute Gasteiger partial charge is 0.331 e. The highest BCUT2D eigenvalue weighted by atomic mass is 15.2. The van der Waals surface area contributed by atoms with Gasteiger partial charge in [-0.25, -0.2) is 0 Å². The third kappa shape index (κ3) is 3.46. The van der Waals surface area contributed by atoms with Crippen molar-refractivity contribution in [3.8, 4) is 0 Å². The van der Waals surface area contributed by atoms with E-state index in [1.165, 1.54) is 51.0 Å². The summed E-state index contributed by atoms with van der Waals surface area (Å²) in [6.45, 7) is 6.31. The van der Waals surface area contributed by atoms with Gasteiger partial charge in [0.2, 0.25) is 0 Å². The van der Waals surface area contributed by atoms with E-state index in [9.17, 15) is 0 Å². The molecule has 23 heavy (non-hydrogen) atoms. The van der Waals surface area contributed by atoms with Gasteiger partial charge in [0.05, 0.1) is 25.7 Å². The summed E-state index contributed by atoms with van der Waals surface area (Å²) in [5.74, 6) is 0. The topological polar surface area (TPSA) is 21.8 Å². The van der Waals surface area contributed by atoms with E-state index in [1.54, 1.807) is 16.0 Å². The minimum absolute atomic E-state index is 0.862. The third-order valence-electron chi connectivity index (χ3n) is 5.70. The van der Waals surface area contributed by atoms with Crippen LogP contribution in [0.3, 0.4) is 0 Å². The van der Waals surface area contributed by atoms with E-state index in [0.717, 1.165) is 12.6 Å². The highest BCUT2D eigenvalue weighted by Gasteiger charge is 2.32. The summed E-state index contributed by atoms with van der Waals surface area (Å²) in [4.78, 5) is 7.79. The zero-order valence-electron chi connectivity index (χ0n) is 13.8. The Bertz CT molecular complexity index is 632. The summed E-state index contributed by atoms with van der Waals surface area (Å²) in [6.07, 6.45) is 7.88. The number of rotatable bonds is 3. The lowest BCUT2D eigenvalue weighted by Crippen LogP contribution is -3.20. The van der Waals surface area contributed by atoms with Gasteiger partial charge in [-0.15, -0.1) is 0 Å². The highest BCUT2D eigenvalue weighted by Crippen LogP contribution is 2.12. The molecule has 1 saturated heterocycles. The summed E-state index contributed by atoms with van der Waals surface area (Å²) >= 11 is 0. The molecule has 1 atom stereocenters. The monoisotopic (exact) mass is 309 g/mol. The standard InChI is InChI=1S/C20H25N3/c1-2-6-19-16-23(13-7-18(19)5-1)20-8-11-22(12-9-20)15-17-4-3-10-21-14-17/h1-6,10,14,20H,7-9,11-13,15-16H2/p+2. The lowest BCUT2D eigenvalue weighted by atomic mass is 9.95. The molecule has 3 heterocycles. The average Bonchev–Trinajstić information content (AvgIpc) is 2.63. The van der Waals surface area contributed by atoms with E-state index < -0.39 is 0 Å². The lowest BCUT2D eigenvalue weighted by Gasteiger charge is -2.36. The van der Waals surface area contributed by atoms with Crippen molar-refractivity contribution in [1.82, 2.24) is 4.98 Å². The van der Waals surface area contributed by atoms with Crippen molar-refractivity contribution in [1.29, 1.82) is 0 Å². The second-order valence-electron chi connectivity index (χ2n) is 7.17. The first-order valence-electron chi connectivity index (χ1n) is 9.02. The Labute approximate surface area is 139 Å².